The highest BCUT2D eigenvalue weighted by Gasteiger charge is 2.38. The minimum Gasteiger partial charge on any atom is -0.497 e. The number of amides is 2. The minimum absolute atomic E-state index is 0.206. The molecule has 6 nitrogen and oxygen atoms in total. The third-order valence-electron chi connectivity index (χ3n) is 3.26. The molecule has 0 aromatic heterocycles. The largest absolute Gasteiger partial charge is 0.497 e. The van der Waals surface area contributed by atoms with Crippen LogP contribution in [-0.4, -0.2) is 30.0 Å². The van der Waals surface area contributed by atoms with Crippen molar-refractivity contribution in [3.8, 4) is 5.75 Å². The Morgan fingerprint density at radius 1 is 0.909 bits per heavy atom. The zero-order valence-electron chi connectivity index (χ0n) is 11.6. The van der Waals surface area contributed by atoms with Crippen LogP contribution in [0.15, 0.2) is 48.5 Å². The summed E-state index contributed by atoms with van der Waals surface area (Å²) in [6.45, 7) is 0. The van der Waals surface area contributed by atoms with Crippen molar-refractivity contribution in [1.82, 2.24) is 5.06 Å². The maximum absolute atomic E-state index is 12.1. The average molecular weight is 297 g/mol. The molecule has 3 rings (SSSR count). The van der Waals surface area contributed by atoms with E-state index in [2.05, 4.69) is 0 Å². The fourth-order valence-corrected chi connectivity index (χ4v) is 2.11. The van der Waals surface area contributed by atoms with Crippen LogP contribution < -0.4 is 4.74 Å². The molecular weight excluding hydrogens is 286 g/mol. The summed E-state index contributed by atoms with van der Waals surface area (Å²) in [5.74, 6) is -1.51. The first-order valence-corrected chi connectivity index (χ1v) is 6.46. The van der Waals surface area contributed by atoms with E-state index in [9.17, 15) is 14.4 Å². The van der Waals surface area contributed by atoms with E-state index in [1.807, 2.05) is 0 Å². The Morgan fingerprint density at radius 2 is 1.45 bits per heavy atom. The number of rotatable bonds is 3. The molecule has 22 heavy (non-hydrogen) atoms. The van der Waals surface area contributed by atoms with Gasteiger partial charge in [-0.15, -0.1) is 0 Å². The molecule has 2 aromatic rings. The van der Waals surface area contributed by atoms with Crippen LogP contribution in [0.2, 0.25) is 0 Å². The van der Waals surface area contributed by atoms with E-state index in [0.717, 1.165) is 0 Å². The second-order valence-corrected chi connectivity index (χ2v) is 4.56. The van der Waals surface area contributed by atoms with E-state index < -0.39 is 17.8 Å². The zero-order valence-corrected chi connectivity index (χ0v) is 11.6. The molecule has 1 aliphatic rings. The van der Waals surface area contributed by atoms with Gasteiger partial charge in [-0.05, 0) is 36.4 Å². The van der Waals surface area contributed by atoms with E-state index in [-0.39, 0.29) is 16.7 Å². The number of ether oxygens (including phenoxy) is 1. The molecule has 0 spiro atoms. The Morgan fingerprint density at radius 3 is 1.95 bits per heavy atom. The quantitative estimate of drug-likeness (QED) is 0.811. The maximum atomic E-state index is 12.1. The molecule has 0 saturated carbocycles. The Bertz CT molecular complexity index is 731. The van der Waals surface area contributed by atoms with Crippen LogP contribution in [0, 0.1) is 0 Å². The number of nitrogens with zero attached hydrogens (tertiary/aromatic N) is 1. The van der Waals surface area contributed by atoms with Gasteiger partial charge in [0.05, 0.1) is 23.8 Å². The molecule has 0 fully saturated rings. The average Bonchev–Trinajstić information content (AvgIpc) is 2.80. The lowest BCUT2D eigenvalue weighted by Crippen LogP contribution is -2.32. The number of fused-ring (bicyclic) bond motifs is 1. The summed E-state index contributed by atoms with van der Waals surface area (Å²) in [7, 11) is 1.51. The van der Waals surface area contributed by atoms with Crippen LogP contribution >= 0.6 is 0 Å². The predicted molar refractivity (Wildman–Crippen MR) is 75.4 cm³/mol. The number of hydroxylamine groups is 2. The topological polar surface area (TPSA) is 72.9 Å². The molecule has 0 bridgehead atoms. The monoisotopic (exact) mass is 297 g/mol. The molecule has 0 saturated heterocycles. The highest BCUT2D eigenvalue weighted by atomic mass is 16.7. The third kappa shape index (κ3) is 2.20. The molecule has 1 heterocycles. The number of methoxy groups -OCH3 is 1. The molecule has 0 atom stereocenters. The lowest BCUT2D eigenvalue weighted by Gasteiger charge is -2.12. The molecule has 1 aliphatic heterocycles. The number of carbonyl (C=O) groups is 3. The van der Waals surface area contributed by atoms with Crippen LogP contribution in [0.4, 0.5) is 0 Å². The summed E-state index contributed by atoms with van der Waals surface area (Å²) in [5.41, 5.74) is 0.641. The number of carbonyl (C=O) groups excluding carboxylic acids is 3. The van der Waals surface area contributed by atoms with Gasteiger partial charge in [-0.1, -0.05) is 17.2 Å². The maximum Gasteiger partial charge on any atom is 0.363 e. The van der Waals surface area contributed by atoms with Gasteiger partial charge in [0.2, 0.25) is 0 Å². The first-order chi connectivity index (χ1) is 10.6. The molecule has 2 amide bonds. The number of benzene rings is 2. The number of hydrogen-bond donors (Lipinski definition) is 0. The van der Waals surface area contributed by atoms with Gasteiger partial charge in [-0.2, -0.15) is 0 Å². The van der Waals surface area contributed by atoms with Gasteiger partial charge in [-0.3, -0.25) is 9.59 Å². The van der Waals surface area contributed by atoms with Gasteiger partial charge in [0.25, 0.3) is 11.8 Å². The smallest absolute Gasteiger partial charge is 0.363 e. The van der Waals surface area contributed by atoms with Crippen molar-refractivity contribution in [3.63, 3.8) is 0 Å². The van der Waals surface area contributed by atoms with Crippen LogP contribution in [0.3, 0.4) is 0 Å². The lowest BCUT2D eigenvalue weighted by atomic mass is 10.1. The van der Waals surface area contributed by atoms with Crippen LogP contribution in [0.25, 0.3) is 0 Å². The van der Waals surface area contributed by atoms with Crippen molar-refractivity contribution in [1.29, 1.82) is 0 Å². The first-order valence-electron chi connectivity index (χ1n) is 6.46. The Balaban J connectivity index is 1.80. The second kappa shape index (κ2) is 5.33. The molecule has 110 valence electrons. The van der Waals surface area contributed by atoms with Gasteiger partial charge in [0.15, 0.2) is 0 Å². The zero-order chi connectivity index (χ0) is 15.7. The van der Waals surface area contributed by atoms with Crippen molar-refractivity contribution in [2.24, 2.45) is 0 Å². The lowest BCUT2D eigenvalue weighted by molar-refractivity contribution is -0.0584. The summed E-state index contributed by atoms with van der Waals surface area (Å²) in [4.78, 5) is 41.1. The second-order valence-electron chi connectivity index (χ2n) is 4.56. The van der Waals surface area contributed by atoms with Gasteiger partial charge in [0, 0.05) is 0 Å². The Labute approximate surface area is 125 Å². The third-order valence-corrected chi connectivity index (χ3v) is 3.26. The number of imide groups is 1. The summed E-state index contributed by atoms with van der Waals surface area (Å²) in [6, 6.07) is 12.4. The van der Waals surface area contributed by atoms with Crippen molar-refractivity contribution in [3.05, 3.63) is 65.2 Å². The molecular formula is C16H11NO5. The fourth-order valence-electron chi connectivity index (χ4n) is 2.11. The van der Waals surface area contributed by atoms with Crippen molar-refractivity contribution < 1.29 is 24.0 Å². The molecule has 0 N–H and O–H groups in total. The normalized spacial score (nSPS) is 13.0. The molecule has 2 aromatic carbocycles. The highest BCUT2D eigenvalue weighted by molar-refractivity contribution is 6.21. The Kier molecular flexibility index (Phi) is 3.34. The van der Waals surface area contributed by atoms with Crippen LogP contribution in [0.5, 0.6) is 5.75 Å². The van der Waals surface area contributed by atoms with Gasteiger partial charge < -0.3 is 9.57 Å². The van der Waals surface area contributed by atoms with Gasteiger partial charge in [-0.25, -0.2) is 4.79 Å². The molecule has 0 unspecified atom stereocenters. The van der Waals surface area contributed by atoms with E-state index in [0.29, 0.717) is 10.8 Å². The fraction of sp³-hybridized carbons (Fsp3) is 0.0625. The highest BCUT2D eigenvalue weighted by Crippen LogP contribution is 2.23. The first kappa shape index (κ1) is 13.8. The molecule has 6 heteroatoms. The summed E-state index contributed by atoms with van der Waals surface area (Å²) >= 11 is 0. The van der Waals surface area contributed by atoms with Crippen molar-refractivity contribution in [2.75, 3.05) is 7.11 Å². The van der Waals surface area contributed by atoms with E-state index >= 15 is 0 Å². The van der Waals surface area contributed by atoms with Crippen molar-refractivity contribution >= 4 is 17.8 Å². The standard InChI is InChI=1S/C16H11NO5/c1-21-11-8-6-10(7-9-11)16(20)22-17-14(18)12-4-2-3-5-13(12)15(17)19/h2-9H,1H3. The SMILES string of the molecule is COc1ccc(C(=O)ON2C(=O)c3ccccc3C2=O)cc1. The van der Waals surface area contributed by atoms with Crippen LogP contribution in [-0.2, 0) is 4.84 Å². The van der Waals surface area contributed by atoms with Gasteiger partial charge >= 0.3 is 5.97 Å². The molecule has 0 radical (unpaired) electrons. The van der Waals surface area contributed by atoms with E-state index in [4.69, 9.17) is 9.57 Å². The molecule has 0 aliphatic carbocycles. The van der Waals surface area contributed by atoms with E-state index in [1.165, 1.54) is 31.4 Å². The predicted octanol–water partition coefficient (Wildman–Crippen LogP) is 2.06. The summed E-state index contributed by atoms with van der Waals surface area (Å²) in [5, 5.41) is 0.483. The minimum atomic E-state index is -0.794. The Hall–Kier alpha value is -3.15. The summed E-state index contributed by atoms with van der Waals surface area (Å²) in [6.07, 6.45) is 0. The van der Waals surface area contributed by atoms with Crippen LogP contribution in [0.1, 0.15) is 31.1 Å². The van der Waals surface area contributed by atoms with E-state index in [1.54, 1.807) is 24.3 Å². The number of hydrogen-bond acceptors (Lipinski definition) is 5. The van der Waals surface area contributed by atoms with Crippen molar-refractivity contribution in [2.45, 2.75) is 0 Å². The summed E-state index contributed by atoms with van der Waals surface area (Å²) < 4.78 is 4.99. The van der Waals surface area contributed by atoms with Gasteiger partial charge in [0.1, 0.15) is 5.75 Å².